The van der Waals surface area contributed by atoms with Gasteiger partial charge in [0.05, 0.1) is 0 Å². The second-order valence-corrected chi connectivity index (χ2v) is 3.41. The van der Waals surface area contributed by atoms with Gasteiger partial charge in [-0.15, -0.1) is 0 Å². The number of imide groups is 1. The van der Waals surface area contributed by atoms with E-state index in [4.69, 9.17) is 0 Å². The maximum atomic E-state index is 10.5. The number of nitrogens with one attached hydrogen (secondary N) is 1. The quantitative estimate of drug-likeness (QED) is 0.309. The number of carbonyl (C=O) groups is 2. The van der Waals surface area contributed by atoms with Crippen LogP contribution in [-0.2, 0) is 9.59 Å². The summed E-state index contributed by atoms with van der Waals surface area (Å²) in [7, 11) is 0.792. The third kappa shape index (κ3) is 0.788. The lowest BCUT2D eigenvalue weighted by molar-refractivity contribution is -0.124. The molecule has 4 heteroatoms. The van der Waals surface area contributed by atoms with Crippen LogP contribution in [0, 0.1) is 0 Å². The summed E-state index contributed by atoms with van der Waals surface area (Å²) in [6.07, 6.45) is 0.422. The van der Waals surface area contributed by atoms with Gasteiger partial charge >= 0.3 is 0 Å². The molecule has 1 N–H and O–H groups in total. The molecule has 3 nitrogen and oxygen atoms in total. The van der Waals surface area contributed by atoms with Crippen LogP contribution in [0.4, 0.5) is 0 Å². The Labute approximate surface area is 49.9 Å². The summed E-state index contributed by atoms with van der Waals surface area (Å²) in [5, 5.41) is 2.22. The highest BCUT2D eigenvalue weighted by atomic mass is 28.1. The largest absolute Gasteiger partial charge is 0.296 e. The van der Waals surface area contributed by atoms with E-state index in [1.165, 1.54) is 0 Å². The molecule has 1 saturated heterocycles. The van der Waals surface area contributed by atoms with Gasteiger partial charge in [-0.2, -0.15) is 0 Å². The molecule has 0 bridgehead atoms. The van der Waals surface area contributed by atoms with Gasteiger partial charge in [-0.3, -0.25) is 14.9 Å². The van der Waals surface area contributed by atoms with Crippen molar-refractivity contribution >= 4 is 22.1 Å². The normalized spacial score (nSPS) is 28.8. The third-order valence-corrected chi connectivity index (χ3v) is 2.13. The summed E-state index contributed by atoms with van der Waals surface area (Å²) in [4.78, 5) is 20.8. The predicted octanol–water partition coefficient (Wildman–Crippen LogP) is -1.81. The minimum Gasteiger partial charge on any atom is -0.296 e. The van der Waals surface area contributed by atoms with Gasteiger partial charge in [0.25, 0.3) is 0 Å². The van der Waals surface area contributed by atoms with Crippen molar-refractivity contribution in [2.24, 2.45) is 0 Å². The predicted molar refractivity (Wildman–Crippen MR) is 31.5 cm³/mol. The highest BCUT2D eigenvalue weighted by Crippen LogP contribution is 2.10. The van der Waals surface area contributed by atoms with Gasteiger partial charge in [0.15, 0.2) is 0 Å². The lowest BCUT2D eigenvalue weighted by Crippen LogP contribution is -2.20. The van der Waals surface area contributed by atoms with Crippen LogP contribution < -0.4 is 5.32 Å². The Morgan fingerprint density at radius 3 is 2.38 bits per heavy atom. The van der Waals surface area contributed by atoms with Crippen LogP contribution in [-0.4, -0.2) is 22.1 Å². The molecular weight excluding hydrogens is 122 g/mol. The molecule has 1 rings (SSSR count). The smallest absolute Gasteiger partial charge is 0.227 e. The van der Waals surface area contributed by atoms with Gasteiger partial charge in [-0.1, -0.05) is 0 Å². The summed E-state index contributed by atoms with van der Waals surface area (Å²) >= 11 is 0. The van der Waals surface area contributed by atoms with Crippen molar-refractivity contribution in [1.29, 1.82) is 0 Å². The molecule has 0 aromatic rings. The molecule has 1 aliphatic heterocycles. The number of rotatable bonds is 0. The van der Waals surface area contributed by atoms with Gasteiger partial charge in [0.1, 0.15) is 0 Å². The molecule has 0 aromatic carbocycles. The molecule has 1 unspecified atom stereocenters. The van der Waals surface area contributed by atoms with E-state index < -0.39 is 0 Å². The highest BCUT2D eigenvalue weighted by Gasteiger charge is 2.25. The average Bonchev–Trinajstić information content (AvgIpc) is 1.85. The molecule has 0 aromatic heterocycles. The Balaban J connectivity index is 2.64. The Morgan fingerprint density at radius 2 is 2.25 bits per heavy atom. The van der Waals surface area contributed by atoms with E-state index in [0.717, 1.165) is 10.2 Å². The Morgan fingerprint density at radius 1 is 1.62 bits per heavy atom. The van der Waals surface area contributed by atoms with Gasteiger partial charge in [-0.25, -0.2) is 0 Å². The topological polar surface area (TPSA) is 46.2 Å². The van der Waals surface area contributed by atoms with Crippen molar-refractivity contribution in [2.45, 2.75) is 12.0 Å². The van der Waals surface area contributed by atoms with Crippen LogP contribution in [0.2, 0.25) is 5.54 Å². The SMILES string of the molecule is O=C1CC([SiH3])C(=O)N1. The molecule has 0 radical (unpaired) electrons. The minimum atomic E-state index is -0.116. The Bertz CT molecular complexity index is 145. The van der Waals surface area contributed by atoms with Gasteiger partial charge in [0, 0.05) is 22.2 Å². The van der Waals surface area contributed by atoms with Gasteiger partial charge < -0.3 is 0 Å². The summed E-state index contributed by atoms with van der Waals surface area (Å²) in [5.41, 5.74) is 0.0301. The molecule has 0 spiro atoms. The Kier molecular flexibility index (Phi) is 1.17. The van der Waals surface area contributed by atoms with Crippen molar-refractivity contribution < 1.29 is 9.59 Å². The highest BCUT2D eigenvalue weighted by molar-refractivity contribution is 6.29. The van der Waals surface area contributed by atoms with Crippen molar-refractivity contribution in [3.63, 3.8) is 0 Å². The maximum absolute atomic E-state index is 10.5. The lowest BCUT2D eigenvalue weighted by atomic mass is 10.3. The summed E-state index contributed by atoms with van der Waals surface area (Å²) in [6, 6.07) is 0. The van der Waals surface area contributed by atoms with Crippen molar-refractivity contribution in [3.05, 3.63) is 0 Å². The van der Waals surface area contributed by atoms with Crippen LogP contribution in [0.1, 0.15) is 6.42 Å². The summed E-state index contributed by atoms with van der Waals surface area (Å²) < 4.78 is 0. The van der Waals surface area contributed by atoms with E-state index in [9.17, 15) is 9.59 Å². The van der Waals surface area contributed by atoms with E-state index in [0.29, 0.717) is 6.42 Å². The monoisotopic (exact) mass is 129 g/mol. The van der Waals surface area contributed by atoms with E-state index in [2.05, 4.69) is 5.32 Å². The van der Waals surface area contributed by atoms with Crippen LogP contribution >= 0.6 is 0 Å². The second kappa shape index (κ2) is 1.70. The van der Waals surface area contributed by atoms with Crippen LogP contribution in [0.15, 0.2) is 0 Å². The van der Waals surface area contributed by atoms with E-state index >= 15 is 0 Å². The van der Waals surface area contributed by atoms with Crippen molar-refractivity contribution in [1.82, 2.24) is 5.32 Å². The first kappa shape index (κ1) is 5.49. The first-order valence-electron chi connectivity index (χ1n) is 2.54. The molecular formula is C4H7NO2Si. The molecule has 1 heterocycles. The van der Waals surface area contributed by atoms with Crippen LogP contribution in [0.5, 0.6) is 0 Å². The van der Waals surface area contributed by atoms with Crippen molar-refractivity contribution in [3.8, 4) is 0 Å². The fourth-order valence-electron chi connectivity index (χ4n) is 0.682. The Hall–Kier alpha value is -0.643. The zero-order chi connectivity index (χ0) is 6.15. The standard InChI is InChI=1S/C4H7NO2Si/c6-3-1-2(8)4(7)5-3/h2H,1H2,8H3,(H,5,6,7). The molecule has 44 valence electrons. The molecule has 8 heavy (non-hydrogen) atoms. The van der Waals surface area contributed by atoms with Crippen LogP contribution in [0.3, 0.4) is 0 Å². The number of amides is 2. The average molecular weight is 129 g/mol. The maximum Gasteiger partial charge on any atom is 0.227 e. The zero-order valence-corrected chi connectivity index (χ0v) is 6.60. The lowest BCUT2D eigenvalue weighted by Gasteiger charge is -1.88. The fraction of sp³-hybridized carbons (Fsp3) is 0.500. The number of hydrogen-bond donors (Lipinski definition) is 1. The summed E-state index contributed by atoms with van der Waals surface area (Å²) in [6.45, 7) is 0. The fourth-order valence-corrected chi connectivity index (χ4v) is 1.20. The van der Waals surface area contributed by atoms with Gasteiger partial charge in [0.2, 0.25) is 11.8 Å². The zero-order valence-electron chi connectivity index (χ0n) is 4.60. The number of carbonyl (C=O) groups excluding carboxylic acids is 2. The third-order valence-electron chi connectivity index (χ3n) is 1.20. The minimum absolute atomic E-state index is 0.0301. The van der Waals surface area contributed by atoms with Gasteiger partial charge in [-0.05, 0) is 0 Å². The second-order valence-electron chi connectivity index (χ2n) is 2.02. The van der Waals surface area contributed by atoms with E-state index in [-0.39, 0.29) is 17.4 Å². The number of hydrogen-bond acceptors (Lipinski definition) is 2. The first-order valence-corrected chi connectivity index (χ1v) is 3.69. The molecule has 1 fully saturated rings. The molecule has 0 saturated carbocycles. The van der Waals surface area contributed by atoms with E-state index in [1.54, 1.807) is 0 Å². The summed E-state index contributed by atoms with van der Waals surface area (Å²) in [5.74, 6) is -0.198. The molecule has 0 aliphatic carbocycles. The molecule has 1 atom stereocenters. The van der Waals surface area contributed by atoms with Crippen molar-refractivity contribution in [2.75, 3.05) is 0 Å². The molecule has 2 amide bonds. The first-order chi connectivity index (χ1) is 3.70. The molecule has 1 aliphatic rings. The van der Waals surface area contributed by atoms with E-state index in [1.807, 2.05) is 0 Å². The van der Waals surface area contributed by atoms with Crippen LogP contribution in [0.25, 0.3) is 0 Å².